The molecule has 0 aromatic heterocycles. The molecule has 1 aromatic rings. The topological polar surface area (TPSA) is 67.9 Å². The van der Waals surface area contributed by atoms with E-state index in [4.69, 9.17) is 9.47 Å². The highest BCUT2D eigenvalue weighted by atomic mass is 32.2. The molecular formula is C20H30N2O4S. The molecule has 6 nitrogen and oxygen atoms in total. The zero-order valence-corrected chi connectivity index (χ0v) is 17.6. The number of carbonyl (C=O) groups is 2. The molecular weight excluding hydrogens is 364 g/mol. The highest BCUT2D eigenvalue weighted by molar-refractivity contribution is 8.00. The molecule has 1 aliphatic rings. The van der Waals surface area contributed by atoms with Crippen LogP contribution in [0.1, 0.15) is 40.5 Å². The lowest BCUT2D eigenvalue weighted by Gasteiger charge is -2.34. The number of ether oxygens (including phenoxy) is 2. The second-order valence-corrected chi connectivity index (χ2v) is 9.10. The summed E-state index contributed by atoms with van der Waals surface area (Å²) in [4.78, 5) is 27.3. The third-order valence-electron chi connectivity index (χ3n) is 4.23. The number of amides is 2. The third kappa shape index (κ3) is 6.97. The summed E-state index contributed by atoms with van der Waals surface area (Å²) >= 11 is 1.52. The lowest BCUT2D eigenvalue weighted by molar-refractivity contribution is -0.121. The molecule has 1 atom stereocenters. The number of rotatable bonds is 5. The molecule has 150 valence electrons. The van der Waals surface area contributed by atoms with E-state index in [9.17, 15) is 9.59 Å². The van der Waals surface area contributed by atoms with Crippen LogP contribution in [0.25, 0.3) is 0 Å². The smallest absolute Gasteiger partial charge is 0.410 e. The van der Waals surface area contributed by atoms with Crippen LogP contribution in [0.5, 0.6) is 5.75 Å². The number of nitrogens with one attached hydrogen (secondary N) is 1. The number of piperidine rings is 1. The number of thioether (sulfide) groups is 1. The zero-order valence-electron chi connectivity index (χ0n) is 16.8. The molecule has 0 spiro atoms. The fraction of sp³-hybridized carbons (Fsp3) is 0.600. The van der Waals surface area contributed by atoms with Crippen molar-refractivity contribution in [3.8, 4) is 5.75 Å². The van der Waals surface area contributed by atoms with E-state index in [0.29, 0.717) is 13.1 Å². The fourth-order valence-electron chi connectivity index (χ4n) is 2.76. The van der Waals surface area contributed by atoms with Crippen LogP contribution in [0.2, 0.25) is 0 Å². The van der Waals surface area contributed by atoms with Crippen LogP contribution in [-0.4, -0.2) is 54.0 Å². The quantitative estimate of drug-likeness (QED) is 0.772. The van der Waals surface area contributed by atoms with Gasteiger partial charge in [0.1, 0.15) is 11.4 Å². The van der Waals surface area contributed by atoms with Gasteiger partial charge in [0.2, 0.25) is 5.91 Å². The molecule has 1 fully saturated rings. The van der Waals surface area contributed by atoms with Crippen molar-refractivity contribution in [1.29, 1.82) is 0 Å². The highest BCUT2D eigenvalue weighted by Gasteiger charge is 2.28. The summed E-state index contributed by atoms with van der Waals surface area (Å²) in [5.41, 5.74) is -0.490. The van der Waals surface area contributed by atoms with Gasteiger partial charge in [-0.05, 0) is 64.8 Å². The second kappa shape index (κ2) is 9.35. The van der Waals surface area contributed by atoms with Crippen molar-refractivity contribution in [2.75, 3.05) is 20.2 Å². The average Bonchev–Trinajstić information content (AvgIpc) is 2.61. The normalized spacial score (nSPS) is 16.6. The van der Waals surface area contributed by atoms with Gasteiger partial charge in [0, 0.05) is 24.0 Å². The molecule has 0 bridgehead atoms. The van der Waals surface area contributed by atoms with Crippen LogP contribution in [0.4, 0.5) is 4.79 Å². The van der Waals surface area contributed by atoms with Crippen molar-refractivity contribution < 1.29 is 19.1 Å². The molecule has 27 heavy (non-hydrogen) atoms. The molecule has 1 aliphatic heterocycles. The van der Waals surface area contributed by atoms with E-state index >= 15 is 0 Å². The summed E-state index contributed by atoms with van der Waals surface area (Å²) in [7, 11) is 1.63. The van der Waals surface area contributed by atoms with Gasteiger partial charge >= 0.3 is 6.09 Å². The van der Waals surface area contributed by atoms with Gasteiger partial charge < -0.3 is 19.7 Å². The lowest BCUT2D eigenvalue weighted by Crippen LogP contribution is -2.49. The minimum Gasteiger partial charge on any atom is -0.497 e. The minimum absolute atomic E-state index is 0.0199. The maximum absolute atomic E-state index is 12.5. The first-order valence-corrected chi connectivity index (χ1v) is 10.1. The first kappa shape index (κ1) is 21.4. The molecule has 0 radical (unpaired) electrons. The molecule has 2 rings (SSSR count). The Labute approximate surface area is 166 Å². The Bertz CT molecular complexity index is 634. The number of nitrogens with zero attached hydrogens (tertiary/aromatic N) is 1. The number of hydrogen-bond donors (Lipinski definition) is 1. The van der Waals surface area contributed by atoms with E-state index in [0.717, 1.165) is 23.5 Å². The van der Waals surface area contributed by atoms with Gasteiger partial charge in [0.15, 0.2) is 0 Å². The maximum atomic E-state index is 12.5. The molecule has 1 N–H and O–H groups in total. The summed E-state index contributed by atoms with van der Waals surface area (Å²) in [5.74, 6) is 0.819. The maximum Gasteiger partial charge on any atom is 0.410 e. The van der Waals surface area contributed by atoms with Crippen molar-refractivity contribution in [2.24, 2.45) is 0 Å². The van der Waals surface area contributed by atoms with Gasteiger partial charge in [0.05, 0.1) is 12.4 Å². The van der Waals surface area contributed by atoms with Gasteiger partial charge in [-0.1, -0.05) is 0 Å². The van der Waals surface area contributed by atoms with Crippen LogP contribution < -0.4 is 10.1 Å². The number of benzene rings is 1. The molecule has 1 unspecified atom stereocenters. The second-order valence-electron chi connectivity index (χ2n) is 7.69. The standard InChI is InChI=1S/C20H30N2O4S/c1-14(27-17-8-6-16(25-5)7-9-17)18(23)21-15-10-12-22(13-11-15)19(24)26-20(2,3)4/h6-9,14-15H,10-13H2,1-5H3,(H,21,23). The van der Waals surface area contributed by atoms with Crippen LogP contribution in [-0.2, 0) is 9.53 Å². The zero-order chi connectivity index (χ0) is 20.0. The van der Waals surface area contributed by atoms with Crippen molar-refractivity contribution in [2.45, 2.75) is 62.3 Å². The number of likely N-dealkylation sites (tertiary alicyclic amines) is 1. The molecule has 1 heterocycles. The van der Waals surface area contributed by atoms with E-state index in [1.807, 2.05) is 52.0 Å². The van der Waals surface area contributed by atoms with Gasteiger partial charge in [-0.15, -0.1) is 11.8 Å². The van der Waals surface area contributed by atoms with E-state index in [2.05, 4.69) is 5.32 Å². The first-order chi connectivity index (χ1) is 12.7. The highest BCUT2D eigenvalue weighted by Crippen LogP contribution is 2.26. The largest absolute Gasteiger partial charge is 0.497 e. The molecule has 0 saturated carbocycles. The van der Waals surface area contributed by atoms with Crippen molar-refractivity contribution in [1.82, 2.24) is 10.2 Å². The lowest BCUT2D eigenvalue weighted by atomic mass is 10.1. The molecule has 1 saturated heterocycles. The monoisotopic (exact) mass is 394 g/mol. The van der Waals surface area contributed by atoms with E-state index in [1.165, 1.54) is 11.8 Å². The predicted molar refractivity (Wildman–Crippen MR) is 107 cm³/mol. The Morgan fingerprint density at radius 2 is 1.78 bits per heavy atom. The van der Waals surface area contributed by atoms with Crippen LogP contribution >= 0.6 is 11.8 Å². The van der Waals surface area contributed by atoms with E-state index < -0.39 is 5.60 Å². The summed E-state index contributed by atoms with van der Waals surface area (Å²) in [6.45, 7) is 8.68. The van der Waals surface area contributed by atoms with Gasteiger partial charge in [-0.25, -0.2) is 4.79 Å². The van der Waals surface area contributed by atoms with Gasteiger partial charge in [-0.3, -0.25) is 4.79 Å². The van der Waals surface area contributed by atoms with Crippen molar-refractivity contribution in [3.63, 3.8) is 0 Å². The van der Waals surface area contributed by atoms with Crippen LogP contribution in [0, 0.1) is 0 Å². The Kier molecular flexibility index (Phi) is 7.41. The Morgan fingerprint density at radius 1 is 1.19 bits per heavy atom. The SMILES string of the molecule is COc1ccc(SC(C)C(=O)NC2CCN(C(=O)OC(C)(C)C)CC2)cc1. The Balaban J connectivity index is 1.77. The average molecular weight is 395 g/mol. The van der Waals surface area contributed by atoms with Crippen molar-refractivity contribution >= 4 is 23.8 Å². The summed E-state index contributed by atoms with van der Waals surface area (Å²) in [6.07, 6.45) is 1.20. The summed E-state index contributed by atoms with van der Waals surface area (Å²) in [5, 5.41) is 2.91. The van der Waals surface area contributed by atoms with Gasteiger partial charge in [0.25, 0.3) is 0 Å². The molecule has 0 aliphatic carbocycles. The molecule has 7 heteroatoms. The predicted octanol–water partition coefficient (Wildman–Crippen LogP) is 3.69. The van der Waals surface area contributed by atoms with Crippen LogP contribution in [0.3, 0.4) is 0 Å². The fourth-order valence-corrected chi connectivity index (χ4v) is 3.64. The van der Waals surface area contributed by atoms with Crippen LogP contribution in [0.15, 0.2) is 29.2 Å². The number of carbonyl (C=O) groups excluding carboxylic acids is 2. The number of hydrogen-bond acceptors (Lipinski definition) is 5. The minimum atomic E-state index is -0.490. The van der Waals surface area contributed by atoms with Crippen molar-refractivity contribution in [3.05, 3.63) is 24.3 Å². The molecule has 2 amide bonds. The molecule has 1 aromatic carbocycles. The van der Waals surface area contributed by atoms with E-state index in [1.54, 1.807) is 12.0 Å². The first-order valence-electron chi connectivity index (χ1n) is 9.27. The summed E-state index contributed by atoms with van der Waals surface area (Å²) in [6, 6.07) is 7.77. The Morgan fingerprint density at radius 3 is 2.30 bits per heavy atom. The van der Waals surface area contributed by atoms with Gasteiger partial charge in [-0.2, -0.15) is 0 Å². The Hall–Kier alpha value is -1.89. The number of methoxy groups -OCH3 is 1. The summed E-state index contributed by atoms with van der Waals surface area (Å²) < 4.78 is 10.6. The third-order valence-corrected chi connectivity index (χ3v) is 5.35. The van der Waals surface area contributed by atoms with E-state index in [-0.39, 0.29) is 23.3 Å².